The lowest BCUT2D eigenvalue weighted by Crippen LogP contribution is -2.35. The maximum Gasteiger partial charge on any atom is 0.315 e. The van der Waals surface area contributed by atoms with E-state index in [9.17, 15) is 13.2 Å². The Morgan fingerprint density at radius 2 is 1.93 bits per heavy atom. The molecule has 0 unspecified atom stereocenters. The average Bonchev–Trinajstić information content (AvgIpc) is 3.21. The van der Waals surface area contributed by atoms with E-state index < -0.39 is 15.7 Å². The molecule has 0 saturated carbocycles. The van der Waals surface area contributed by atoms with Gasteiger partial charge >= 0.3 is 11.8 Å². The van der Waals surface area contributed by atoms with Crippen LogP contribution < -0.4 is 5.32 Å². The fourth-order valence-corrected chi connectivity index (χ4v) is 4.64. The van der Waals surface area contributed by atoms with Crippen LogP contribution in [0.2, 0.25) is 0 Å². The molecule has 9 heteroatoms. The number of aryl methyl sites for hydroxylation is 2. The van der Waals surface area contributed by atoms with E-state index in [-0.39, 0.29) is 28.8 Å². The number of nitrogens with zero attached hydrogens (tertiary/aromatic N) is 3. The SMILES string of the molecule is Cc1ccc(S(=O)(=O)CCc2noc(C(=O)NCCCN3CCC(C)CC3)n2)cc1. The summed E-state index contributed by atoms with van der Waals surface area (Å²) >= 11 is 0. The Morgan fingerprint density at radius 3 is 2.63 bits per heavy atom. The molecule has 0 atom stereocenters. The highest BCUT2D eigenvalue weighted by Crippen LogP contribution is 2.16. The highest BCUT2D eigenvalue weighted by molar-refractivity contribution is 7.91. The van der Waals surface area contributed by atoms with E-state index in [4.69, 9.17) is 4.52 Å². The van der Waals surface area contributed by atoms with E-state index in [1.54, 1.807) is 24.3 Å². The molecule has 0 bridgehead atoms. The summed E-state index contributed by atoms with van der Waals surface area (Å²) in [5.41, 5.74) is 0.994. The first kappa shape index (κ1) is 22.4. The quantitative estimate of drug-likeness (QED) is 0.603. The molecule has 1 N–H and O–H groups in total. The van der Waals surface area contributed by atoms with E-state index >= 15 is 0 Å². The van der Waals surface area contributed by atoms with Gasteiger partial charge in [-0.2, -0.15) is 4.98 Å². The van der Waals surface area contributed by atoms with Gasteiger partial charge in [0.25, 0.3) is 0 Å². The normalized spacial score (nSPS) is 15.9. The van der Waals surface area contributed by atoms with Crippen molar-refractivity contribution in [2.75, 3.05) is 31.9 Å². The van der Waals surface area contributed by atoms with Crippen LogP contribution in [0.5, 0.6) is 0 Å². The minimum Gasteiger partial charge on any atom is -0.348 e. The average molecular weight is 435 g/mol. The van der Waals surface area contributed by atoms with Crippen LogP contribution in [0.1, 0.15) is 48.3 Å². The summed E-state index contributed by atoms with van der Waals surface area (Å²) < 4.78 is 29.8. The third-order valence-corrected chi connectivity index (χ3v) is 7.18. The van der Waals surface area contributed by atoms with Crippen molar-refractivity contribution in [1.29, 1.82) is 0 Å². The maximum atomic E-state index is 12.4. The van der Waals surface area contributed by atoms with Gasteiger partial charge in [-0.15, -0.1) is 0 Å². The summed E-state index contributed by atoms with van der Waals surface area (Å²) in [6.07, 6.45) is 3.41. The van der Waals surface area contributed by atoms with Crippen molar-refractivity contribution in [3.8, 4) is 0 Å². The zero-order valence-electron chi connectivity index (χ0n) is 17.6. The van der Waals surface area contributed by atoms with Crippen molar-refractivity contribution in [3.63, 3.8) is 0 Å². The van der Waals surface area contributed by atoms with Crippen molar-refractivity contribution < 1.29 is 17.7 Å². The number of carbonyl (C=O) groups is 1. The molecule has 30 heavy (non-hydrogen) atoms. The lowest BCUT2D eigenvalue weighted by atomic mass is 9.99. The second-order valence-corrected chi connectivity index (χ2v) is 10.1. The molecule has 1 aliphatic heterocycles. The van der Waals surface area contributed by atoms with E-state index in [0.29, 0.717) is 6.54 Å². The number of nitrogens with one attached hydrogen (secondary N) is 1. The van der Waals surface area contributed by atoms with Crippen LogP contribution in [0.4, 0.5) is 0 Å². The van der Waals surface area contributed by atoms with Crippen LogP contribution in [0.25, 0.3) is 0 Å². The van der Waals surface area contributed by atoms with Crippen molar-refractivity contribution in [3.05, 3.63) is 41.5 Å². The number of rotatable bonds is 9. The highest BCUT2D eigenvalue weighted by atomic mass is 32.2. The standard InChI is InChI=1S/C21H30N4O4S/c1-16-4-6-18(7-5-16)30(27,28)15-10-19-23-21(29-24-19)20(26)22-11-3-12-25-13-8-17(2)9-14-25/h4-7,17H,3,8-15H2,1-2H3,(H,22,26). The lowest BCUT2D eigenvalue weighted by molar-refractivity contribution is 0.0906. The van der Waals surface area contributed by atoms with Gasteiger partial charge in [-0.1, -0.05) is 29.8 Å². The van der Waals surface area contributed by atoms with Gasteiger partial charge in [0.15, 0.2) is 15.7 Å². The molecule has 2 heterocycles. The fraction of sp³-hybridized carbons (Fsp3) is 0.571. The van der Waals surface area contributed by atoms with Gasteiger partial charge in [-0.3, -0.25) is 4.79 Å². The summed E-state index contributed by atoms with van der Waals surface area (Å²) in [5, 5.41) is 6.52. The van der Waals surface area contributed by atoms with Gasteiger partial charge in [0.2, 0.25) is 0 Å². The van der Waals surface area contributed by atoms with Crippen LogP contribution in [-0.2, 0) is 16.3 Å². The Bertz CT molecular complexity index is 932. The minimum atomic E-state index is -3.44. The molecule has 0 radical (unpaired) electrons. The summed E-state index contributed by atoms with van der Waals surface area (Å²) in [5.74, 6) is 0.301. The molecule has 0 aliphatic carbocycles. The molecule has 2 aromatic rings. The van der Waals surface area contributed by atoms with E-state index in [1.807, 2.05) is 6.92 Å². The van der Waals surface area contributed by atoms with Crippen LogP contribution in [0.3, 0.4) is 0 Å². The molecule has 1 aromatic carbocycles. The molecular formula is C21H30N4O4S. The van der Waals surface area contributed by atoms with Crippen molar-refractivity contribution in [1.82, 2.24) is 20.4 Å². The van der Waals surface area contributed by atoms with Crippen molar-refractivity contribution in [2.45, 2.75) is 44.4 Å². The van der Waals surface area contributed by atoms with Crippen LogP contribution >= 0.6 is 0 Å². The highest BCUT2D eigenvalue weighted by Gasteiger charge is 2.19. The lowest BCUT2D eigenvalue weighted by Gasteiger charge is -2.30. The minimum absolute atomic E-state index is 0.0837. The zero-order chi connectivity index (χ0) is 21.6. The molecule has 1 aliphatic rings. The maximum absolute atomic E-state index is 12.4. The van der Waals surface area contributed by atoms with E-state index in [1.165, 1.54) is 12.8 Å². The number of sulfone groups is 1. The number of piperidine rings is 1. The van der Waals surface area contributed by atoms with Gasteiger partial charge in [-0.25, -0.2) is 8.42 Å². The van der Waals surface area contributed by atoms with Crippen molar-refractivity contribution in [2.24, 2.45) is 5.92 Å². The predicted molar refractivity (Wildman–Crippen MR) is 113 cm³/mol. The molecule has 1 saturated heterocycles. The zero-order valence-corrected chi connectivity index (χ0v) is 18.5. The van der Waals surface area contributed by atoms with E-state index in [0.717, 1.165) is 37.5 Å². The third kappa shape index (κ3) is 6.37. The number of carbonyl (C=O) groups excluding carboxylic acids is 1. The molecule has 3 rings (SSSR count). The predicted octanol–water partition coefficient (Wildman–Crippen LogP) is 2.25. The summed E-state index contributed by atoms with van der Waals surface area (Å²) in [4.78, 5) is 18.9. The molecule has 8 nitrogen and oxygen atoms in total. The smallest absolute Gasteiger partial charge is 0.315 e. The van der Waals surface area contributed by atoms with Gasteiger partial charge in [0.1, 0.15) is 0 Å². The van der Waals surface area contributed by atoms with Crippen LogP contribution in [-0.4, -0.2) is 61.3 Å². The number of hydrogen-bond donors (Lipinski definition) is 1. The molecule has 164 valence electrons. The number of aromatic nitrogens is 2. The Hall–Kier alpha value is -2.26. The molecule has 1 aromatic heterocycles. The Balaban J connectivity index is 1.41. The first-order valence-corrected chi connectivity index (χ1v) is 12.1. The molecule has 0 spiro atoms. The molecular weight excluding hydrogens is 404 g/mol. The van der Waals surface area contributed by atoms with Crippen molar-refractivity contribution >= 4 is 15.7 Å². The summed E-state index contributed by atoms with van der Waals surface area (Å²) in [7, 11) is -3.44. The number of likely N-dealkylation sites (tertiary alicyclic amines) is 1. The van der Waals surface area contributed by atoms with Crippen LogP contribution in [0, 0.1) is 12.8 Å². The monoisotopic (exact) mass is 434 g/mol. The second-order valence-electron chi connectivity index (χ2n) is 8.03. The van der Waals surface area contributed by atoms with Gasteiger partial charge < -0.3 is 14.7 Å². The van der Waals surface area contributed by atoms with Gasteiger partial charge in [-0.05, 0) is 63.9 Å². The summed E-state index contributed by atoms with van der Waals surface area (Å²) in [6.45, 7) is 7.91. The Labute approximate surface area is 178 Å². The summed E-state index contributed by atoms with van der Waals surface area (Å²) in [6, 6.07) is 6.69. The van der Waals surface area contributed by atoms with Gasteiger partial charge in [0, 0.05) is 13.0 Å². The number of benzene rings is 1. The third-order valence-electron chi connectivity index (χ3n) is 5.45. The van der Waals surface area contributed by atoms with Gasteiger partial charge in [0.05, 0.1) is 10.6 Å². The fourth-order valence-electron chi connectivity index (χ4n) is 3.40. The number of amides is 1. The largest absolute Gasteiger partial charge is 0.348 e. The first-order valence-electron chi connectivity index (χ1n) is 10.5. The van der Waals surface area contributed by atoms with Crippen LogP contribution in [0.15, 0.2) is 33.7 Å². The number of hydrogen-bond acceptors (Lipinski definition) is 7. The van der Waals surface area contributed by atoms with E-state index in [2.05, 4.69) is 27.3 Å². The Morgan fingerprint density at radius 1 is 1.23 bits per heavy atom. The topological polar surface area (TPSA) is 105 Å². The second kappa shape index (κ2) is 10.2. The molecule has 1 fully saturated rings. The molecule has 1 amide bonds. The first-order chi connectivity index (χ1) is 14.3. The Kier molecular flexibility index (Phi) is 7.60.